The van der Waals surface area contributed by atoms with Crippen LogP contribution in [-0.4, -0.2) is 46.4 Å². The number of aromatic nitrogens is 3. The molecule has 0 saturated carbocycles. The second kappa shape index (κ2) is 6.27. The van der Waals surface area contributed by atoms with Crippen molar-refractivity contribution in [3.63, 3.8) is 0 Å². The number of nitrogens with one attached hydrogen (secondary N) is 2. The summed E-state index contributed by atoms with van der Waals surface area (Å²) in [4.78, 5) is 8.25. The Hall–Kier alpha value is -2.58. The van der Waals surface area contributed by atoms with Crippen LogP contribution in [0.2, 0.25) is 0 Å². The number of para-hydroxylation sites is 1. The first-order valence-corrected chi connectivity index (χ1v) is 7.08. The van der Waals surface area contributed by atoms with Crippen LogP contribution in [0, 0.1) is 0 Å². The number of halogens is 3. The molecule has 0 spiro atoms. The highest BCUT2D eigenvalue weighted by Gasteiger charge is 2.30. The predicted octanol–water partition coefficient (Wildman–Crippen LogP) is 1.92. The normalized spacial score (nSPS) is 14.5. The van der Waals surface area contributed by atoms with E-state index in [9.17, 15) is 13.2 Å². The molecule has 0 amide bonds. The lowest BCUT2D eigenvalue weighted by Crippen LogP contribution is -2.26. The lowest BCUT2D eigenvalue weighted by Gasteiger charge is -2.13. The van der Waals surface area contributed by atoms with Crippen LogP contribution >= 0.6 is 0 Å². The molecule has 2 heterocycles. The molecular formula is C14H15F3N6. The summed E-state index contributed by atoms with van der Waals surface area (Å²) in [6.45, 7) is 0.840. The van der Waals surface area contributed by atoms with Gasteiger partial charge in [0.2, 0.25) is 0 Å². The Balaban J connectivity index is 1.84. The van der Waals surface area contributed by atoms with E-state index in [1.165, 1.54) is 0 Å². The molecule has 0 atom stereocenters. The fourth-order valence-corrected chi connectivity index (χ4v) is 2.33. The molecule has 23 heavy (non-hydrogen) atoms. The topological polar surface area (TPSA) is 67.1 Å². The van der Waals surface area contributed by atoms with Gasteiger partial charge in [-0.3, -0.25) is 4.99 Å². The lowest BCUT2D eigenvalue weighted by atomic mass is 10.1. The van der Waals surface area contributed by atoms with Crippen molar-refractivity contribution >= 4 is 11.5 Å². The molecule has 0 saturated heterocycles. The largest absolute Gasteiger partial charge is 0.408 e. The molecule has 1 aromatic carbocycles. The van der Waals surface area contributed by atoms with Crippen molar-refractivity contribution in [2.75, 3.05) is 25.0 Å². The minimum Gasteiger partial charge on any atom is -0.377 e. The van der Waals surface area contributed by atoms with Crippen LogP contribution in [0.4, 0.5) is 18.9 Å². The van der Waals surface area contributed by atoms with Crippen molar-refractivity contribution in [3.05, 3.63) is 30.6 Å². The van der Waals surface area contributed by atoms with Crippen LogP contribution < -0.4 is 10.6 Å². The summed E-state index contributed by atoms with van der Waals surface area (Å²) >= 11 is 0. The average Bonchev–Trinajstić information content (AvgIpc) is 3.15. The number of alkyl halides is 3. The zero-order valence-electron chi connectivity index (χ0n) is 12.1. The summed E-state index contributed by atoms with van der Waals surface area (Å²) < 4.78 is 38.8. The van der Waals surface area contributed by atoms with Gasteiger partial charge in [0.05, 0.1) is 13.1 Å². The van der Waals surface area contributed by atoms with E-state index in [0.717, 1.165) is 29.9 Å². The first-order chi connectivity index (χ1) is 11.0. The molecule has 0 bridgehead atoms. The smallest absolute Gasteiger partial charge is 0.377 e. The molecule has 6 nitrogen and oxygen atoms in total. The Bertz CT molecular complexity index is 707. The van der Waals surface area contributed by atoms with Gasteiger partial charge in [-0.15, -0.1) is 0 Å². The number of amidine groups is 1. The first-order valence-electron chi connectivity index (χ1n) is 7.08. The molecule has 1 aromatic heterocycles. The molecule has 2 N–H and O–H groups in total. The molecular weight excluding hydrogens is 309 g/mol. The molecule has 9 heteroatoms. The van der Waals surface area contributed by atoms with Crippen molar-refractivity contribution in [2.45, 2.75) is 12.7 Å². The lowest BCUT2D eigenvalue weighted by molar-refractivity contribution is -0.142. The zero-order chi connectivity index (χ0) is 16.3. The maximum atomic E-state index is 12.6. The van der Waals surface area contributed by atoms with Crippen molar-refractivity contribution < 1.29 is 13.2 Å². The third-order valence-corrected chi connectivity index (χ3v) is 3.30. The maximum absolute atomic E-state index is 12.6. The van der Waals surface area contributed by atoms with Crippen LogP contribution in [0.15, 0.2) is 35.6 Å². The second-order valence-electron chi connectivity index (χ2n) is 5.01. The summed E-state index contributed by atoms with van der Waals surface area (Å²) in [5.74, 6) is 1.00. The van der Waals surface area contributed by atoms with Gasteiger partial charge in [0.15, 0.2) is 5.82 Å². The van der Waals surface area contributed by atoms with Gasteiger partial charge >= 0.3 is 6.18 Å². The van der Waals surface area contributed by atoms with Crippen LogP contribution in [0.3, 0.4) is 0 Å². The van der Waals surface area contributed by atoms with Gasteiger partial charge in [0.25, 0.3) is 0 Å². The quantitative estimate of drug-likeness (QED) is 0.882. The molecule has 1 aliphatic heterocycles. The van der Waals surface area contributed by atoms with Crippen LogP contribution in [0.25, 0.3) is 11.4 Å². The molecule has 3 rings (SSSR count). The highest BCUT2D eigenvalue weighted by Crippen LogP contribution is 2.27. The maximum Gasteiger partial charge on any atom is 0.408 e. The number of nitrogens with zero attached hydrogens (tertiary/aromatic N) is 4. The van der Waals surface area contributed by atoms with Crippen molar-refractivity contribution in [1.82, 2.24) is 20.1 Å². The number of aliphatic imine (C=N–C) groups is 1. The number of rotatable bonds is 5. The average molecular weight is 324 g/mol. The van der Waals surface area contributed by atoms with Crippen molar-refractivity contribution in [3.8, 4) is 11.4 Å². The highest BCUT2D eigenvalue weighted by atomic mass is 19.4. The first kappa shape index (κ1) is 15.3. The summed E-state index contributed by atoms with van der Waals surface area (Å²) in [5.41, 5.74) is 1.24. The molecule has 122 valence electrons. The van der Waals surface area contributed by atoms with Gasteiger partial charge in [-0.2, -0.15) is 18.3 Å². The van der Waals surface area contributed by atoms with Gasteiger partial charge < -0.3 is 10.6 Å². The van der Waals surface area contributed by atoms with Gasteiger partial charge in [-0.25, -0.2) is 9.67 Å². The molecule has 0 fully saturated rings. The summed E-state index contributed by atoms with van der Waals surface area (Å²) in [5, 5.41) is 9.99. The van der Waals surface area contributed by atoms with E-state index in [0.29, 0.717) is 17.8 Å². The predicted molar refractivity (Wildman–Crippen MR) is 80.3 cm³/mol. The third-order valence-electron chi connectivity index (χ3n) is 3.30. The number of hydrogen-bond acceptors (Lipinski definition) is 5. The zero-order valence-corrected chi connectivity index (χ0v) is 12.1. The monoisotopic (exact) mass is 324 g/mol. The SMILES string of the molecule is FC(F)(F)Cn1ncnc1-c1ccccc1NCC1=NCCN1. The molecule has 2 aromatic rings. The van der Waals surface area contributed by atoms with E-state index in [4.69, 9.17) is 0 Å². The van der Waals surface area contributed by atoms with E-state index < -0.39 is 12.7 Å². The Morgan fingerprint density at radius 3 is 2.83 bits per heavy atom. The fourth-order valence-electron chi connectivity index (χ4n) is 2.33. The Labute approximate surface area is 130 Å². The molecule has 0 unspecified atom stereocenters. The van der Waals surface area contributed by atoms with E-state index >= 15 is 0 Å². The fraction of sp³-hybridized carbons (Fsp3) is 0.357. The van der Waals surface area contributed by atoms with E-state index in [-0.39, 0.29) is 5.82 Å². The summed E-state index contributed by atoms with van der Waals surface area (Å²) in [7, 11) is 0. The number of anilines is 1. The molecule has 0 radical (unpaired) electrons. The van der Waals surface area contributed by atoms with Crippen molar-refractivity contribution in [1.29, 1.82) is 0 Å². The van der Waals surface area contributed by atoms with Gasteiger partial charge in [0.1, 0.15) is 18.7 Å². The minimum absolute atomic E-state index is 0.173. The van der Waals surface area contributed by atoms with Crippen molar-refractivity contribution in [2.24, 2.45) is 4.99 Å². The second-order valence-corrected chi connectivity index (χ2v) is 5.01. The van der Waals surface area contributed by atoms with Crippen LogP contribution in [0.1, 0.15) is 0 Å². The Morgan fingerprint density at radius 1 is 1.26 bits per heavy atom. The van der Waals surface area contributed by atoms with Crippen LogP contribution in [0.5, 0.6) is 0 Å². The van der Waals surface area contributed by atoms with E-state index in [2.05, 4.69) is 25.7 Å². The van der Waals surface area contributed by atoms with E-state index in [1.807, 2.05) is 0 Å². The van der Waals surface area contributed by atoms with Gasteiger partial charge in [-0.1, -0.05) is 12.1 Å². The van der Waals surface area contributed by atoms with Crippen LogP contribution in [-0.2, 0) is 6.54 Å². The third kappa shape index (κ3) is 3.79. The Kier molecular flexibility index (Phi) is 4.18. The van der Waals surface area contributed by atoms with Gasteiger partial charge in [-0.05, 0) is 12.1 Å². The standard InChI is InChI=1S/C14H15F3N6/c15-14(16,17)8-23-13(21-9-22-23)10-3-1-2-4-11(10)20-7-12-18-5-6-19-12/h1-4,9,20H,5-8H2,(H,18,19). The van der Waals surface area contributed by atoms with Gasteiger partial charge in [0, 0.05) is 17.8 Å². The molecule has 1 aliphatic rings. The minimum atomic E-state index is -4.35. The number of hydrogen-bond donors (Lipinski definition) is 2. The summed E-state index contributed by atoms with van der Waals surface area (Å²) in [6, 6.07) is 7.05. The van der Waals surface area contributed by atoms with E-state index in [1.54, 1.807) is 24.3 Å². The summed E-state index contributed by atoms with van der Waals surface area (Å²) in [6.07, 6.45) is -3.23. The Morgan fingerprint density at radius 2 is 2.09 bits per heavy atom. The highest BCUT2D eigenvalue weighted by molar-refractivity contribution is 5.88. The number of benzene rings is 1. The molecule has 0 aliphatic carbocycles.